The molecule has 0 spiro atoms. The fourth-order valence-electron chi connectivity index (χ4n) is 1.71. The highest BCUT2D eigenvalue weighted by Crippen LogP contribution is 2.13. The van der Waals surface area contributed by atoms with Gasteiger partial charge in [0.05, 0.1) is 12.2 Å². The van der Waals surface area contributed by atoms with E-state index in [0.29, 0.717) is 13.1 Å². The van der Waals surface area contributed by atoms with E-state index in [1.54, 1.807) is 4.90 Å². The number of rotatable bonds is 2. The Morgan fingerprint density at radius 2 is 2.25 bits per heavy atom. The van der Waals surface area contributed by atoms with E-state index >= 15 is 0 Å². The van der Waals surface area contributed by atoms with Crippen molar-refractivity contribution in [2.24, 2.45) is 5.73 Å². The van der Waals surface area contributed by atoms with E-state index in [0.717, 1.165) is 24.6 Å². The first kappa shape index (κ1) is 10.9. The minimum atomic E-state index is 0.131. The molecular formula is C11H16N4O. The standard InChI is InChI=1S/C11H16N4O/c1-14-5-6-15(8-11(14)16)10-4-2-3-9(7-12)13-10/h2-4H,5-8,12H2,1H3. The van der Waals surface area contributed by atoms with Gasteiger partial charge in [-0.2, -0.15) is 0 Å². The van der Waals surface area contributed by atoms with E-state index in [2.05, 4.69) is 4.98 Å². The van der Waals surface area contributed by atoms with Crippen molar-refractivity contribution in [2.75, 3.05) is 31.6 Å². The predicted octanol–water partition coefficient (Wildman–Crippen LogP) is -0.181. The van der Waals surface area contributed by atoms with E-state index in [-0.39, 0.29) is 5.91 Å². The first-order valence-corrected chi connectivity index (χ1v) is 5.35. The molecule has 0 aromatic carbocycles. The van der Waals surface area contributed by atoms with Crippen LogP contribution in [0.2, 0.25) is 0 Å². The summed E-state index contributed by atoms with van der Waals surface area (Å²) in [5.41, 5.74) is 6.39. The molecule has 0 bridgehead atoms. The van der Waals surface area contributed by atoms with Crippen LogP contribution >= 0.6 is 0 Å². The van der Waals surface area contributed by atoms with Crippen LogP contribution in [0.3, 0.4) is 0 Å². The molecule has 86 valence electrons. The van der Waals surface area contributed by atoms with E-state index in [4.69, 9.17) is 5.73 Å². The van der Waals surface area contributed by atoms with Gasteiger partial charge in [-0.25, -0.2) is 4.98 Å². The zero-order valence-corrected chi connectivity index (χ0v) is 9.39. The SMILES string of the molecule is CN1CCN(c2cccc(CN)n2)CC1=O. The second-order valence-electron chi connectivity index (χ2n) is 3.93. The van der Waals surface area contributed by atoms with Crippen LogP contribution in [0.1, 0.15) is 5.69 Å². The van der Waals surface area contributed by atoms with Gasteiger partial charge in [-0.1, -0.05) is 6.07 Å². The zero-order chi connectivity index (χ0) is 11.5. The fraction of sp³-hybridized carbons (Fsp3) is 0.455. The summed E-state index contributed by atoms with van der Waals surface area (Å²) >= 11 is 0. The molecule has 1 fully saturated rings. The number of hydrogen-bond donors (Lipinski definition) is 1. The fourth-order valence-corrected chi connectivity index (χ4v) is 1.71. The topological polar surface area (TPSA) is 62.5 Å². The Balaban J connectivity index is 2.15. The summed E-state index contributed by atoms with van der Waals surface area (Å²) < 4.78 is 0. The molecule has 0 unspecified atom stereocenters. The number of nitrogens with two attached hydrogens (primary N) is 1. The van der Waals surface area contributed by atoms with Crippen molar-refractivity contribution in [3.05, 3.63) is 23.9 Å². The third-order valence-electron chi connectivity index (χ3n) is 2.78. The molecule has 0 atom stereocenters. The van der Waals surface area contributed by atoms with Crippen LogP contribution in [0.5, 0.6) is 0 Å². The molecule has 0 radical (unpaired) electrons. The van der Waals surface area contributed by atoms with Crippen LogP contribution in [0, 0.1) is 0 Å². The number of likely N-dealkylation sites (N-methyl/N-ethyl adjacent to an activating group) is 1. The van der Waals surface area contributed by atoms with Crippen LogP contribution in [0.25, 0.3) is 0 Å². The predicted molar refractivity (Wildman–Crippen MR) is 62.0 cm³/mol. The molecule has 1 amide bonds. The summed E-state index contributed by atoms with van der Waals surface area (Å²) in [6.45, 7) is 2.39. The average molecular weight is 220 g/mol. The summed E-state index contributed by atoms with van der Waals surface area (Å²) in [7, 11) is 1.82. The quantitative estimate of drug-likeness (QED) is 0.751. The van der Waals surface area contributed by atoms with Crippen molar-refractivity contribution in [2.45, 2.75) is 6.54 Å². The molecule has 0 saturated carbocycles. The number of carbonyl (C=O) groups is 1. The van der Waals surface area contributed by atoms with Gasteiger partial charge in [-0.15, -0.1) is 0 Å². The molecule has 5 heteroatoms. The zero-order valence-electron chi connectivity index (χ0n) is 9.39. The molecule has 5 nitrogen and oxygen atoms in total. The van der Waals surface area contributed by atoms with Gasteiger partial charge >= 0.3 is 0 Å². The molecule has 2 N–H and O–H groups in total. The molecule has 1 saturated heterocycles. The van der Waals surface area contributed by atoms with E-state index < -0.39 is 0 Å². The molecule has 1 aromatic heterocycles. The van der Waals surface area contributed by atoms with Crippen molar-refractivity contribution < 1.29 is 4.79 Å². The molecular weight excluding hydrogens is 204 g/mol. The van der Waals surface area contributed by atoms with Gasteiger partial charge in [-0.3, -0.25) is 4.79 Å². The van der Waals surface area contributed by atoms with Crippen molar-refractivity contribution in [1.82, 2.24) is 9.88 Å². The maximum Gasteiger partial charge on any atom is 0.241 e. The summed E-state index contributed by atoms with van der Waals surface area (Å²) in [4.78, 5) is 19.7. The largest absolute Gasteiger partial charge is 0.346 e. The van der Waals surface area contributed by atoms with Gasteiger partial charge in [0.2, 0.25) is 5.91 Å². The summed E-state index contributed by atoms with van der Waals surface area (Å²) in [5, 5.41) is 0. The first-order chi connectivity index (χ1) is 7.70. The van der Waals surface area contributed by atoms with Gasteiger partial charge in [0.25, 0.3) is 0 Å². The third-order valence-corrected chi connectivity index (χ3v) is 2.78. The normalized spacial score (nSPS) is 16.8. The lowest BCUT2D eigenvalue weighted by molar-refractivity contribution is -0.129. The van der Waals surface area contributed by atoms with Crippen LogP contribution in [0.15, 0.2) is 18.2 Å². The lowest BCUT2D eigenvalue weighted by Crippen LogP contribution is -2.48. The second kappa shape index (κ2) is 4.49. The van der Waals surface area contributed by atoms with Gasteiger partial charge in [0.1, 0.15) is 5.82 Å². The highest BCUT2D eigenvalue weighted by molar-refractivity contribution is 5.82. The minimum absolute atomic E-state index is 0.131. The Morgan fingerprint density at radius 3 is 2.94 bits per heavy atom. The molecule has 16 heavy (non-hydrogen) atoms. The number of carbonyl (C=O) groups excluding carboxylic acids is 1. The number of anilines is 1. The van der Waals surface area contributed by atoms with Crippen LogP contribution in [-0.4, -0.2) is 42.5 Å². The Morgan fingerprint density at radius 1 is 1.44 bits per heavy atom. The Labute approximate surface area is 94.9 Å². The van der Waals surface area contributed by atoms with Gasteiger partial charge in [0.15, 0.2) is 0 Å². The molecule has 1 aromatic rings. The highest BCUT2D eigenvalue weighted by atomic mass is 16.2. The minimum Gasteiger partial charge on any atom is -0.346 e. The number of amides is 1. The van der Waals surface area contributed by atoms with Gasteiger partial charge in [-0.05, 0) is 12.1 Å². The highest BCUT2D eigenvalue weighted by Gasteiger charge is 2.21. The molecule has 1 aliphatic rings. The Bertz CT molecular complexity index is 393. The average Bonchev–Trinajstić information content (AvgIpc) is 2.33. The number of nitrogens with zero attached hydrogens (tertiary/aromatic N) is 3. The number of pyridine rings is 1. The maximum absolute atomic E-state index is 11.6. The van der Waals surface area contributed by atoms with Crippen molar-refractivity contribution in [1.29, 1.82) is 0 Å². The smallest absolute Gasteiger partial charge is 0.241 e. The number of hydrogen-bond acceptors (Lipinski definition) is 4. The lowest BCUT2D eigenvalue weighted by Gasteiger charge is -2.32. The first-order valence-electron chi connectivity index (χ1n) is 5.35. The molecule has 0 aliphatic carbocycles. The summed E-state index contributed by atoms with van der Waals surface area (Å²) in [6.07, 6.45) is 0. The Hall–Kier alpha value is -1.62. The van der Waals surface area contributed by atoms with E-state index in [1.807, 2.05) is 30.1 Å². The third kappa shape index (κ3) is 2.14. The number of piperazine rings is 1. The molecule has 2 rings (SSSR count). The number of aromatic nitrogens is 1. The van der Waals surface area contributed by atoms with Gasteiger partial charge < -0.3 is 15.5 Å². The second-order valence-corrected chi connectivity index (χ2v) is 3.93. The van der Waals surface area contributed by atoms with Crippen LogP contribution in [-0.2, 0) is 11.3 Å². The summed E-state index contributed by atoms with van der Waals surface area (Å²) in [6, 6.07) is 5.73. The summed E-state index contributed by atoms with van der Waals surface area (Å²) in [5.74, 6) is 0.968. The van der Waals surface area contributed by atoms with Crippen LogP contribution in [0.4, 0.5) is 5.82 Å². The molecule has 2 heterocycles. The van der Waals surface area contributed by atoms with Crippen molar-refractivity contribution in [3.8, 4) is 0 Å². The van der Waals surface area contributed by atoms with E-state index in [9.17, 15) is 4.79 Å². The monoisotopic (exact) mass is 220 g/mol. The van der Waals surface area contributed by atoms with E-state index in [1.165, 1.54) is 0 Å². The lowest BCUT2D eigenvalue weighted by atomic mass is 10.3. The molecule has 1 aliphatic heterocycles. The van der Waals surface area contributed by atoms with Crippen LogP contribution < -0.4 is 10.6 Å². The maximum atomic E-state index is 11.6. The van der Waals surface area contributed by atoms with Crippen molar-refractivity contribution >= 4 is 11.7 Å². The van der Waals surface area contributed by atoms with Crippen molar-refractivity contribution in [3.63, 3.8) is 0 Å². The Kier molecular flexibility index (Phi) is 3.05. The van der Waals surface area contributed by atoms with Gasteiger partial charge in [0, 0.05) is 26.7 Å².